The van der Waals surface area contributed by atoms with Crippen molar-refractivity contribution in [2.45, 2.75) is 13.8 Å². The summed E-state index contributed by atoms with van der Waals surface area (Å²) in [6, 6.07) is 0. The van der Waals surface area contributed by atoms with Gasteiger partial charge in [-0.25, -0.2) is 9.18 Å². The maximum atomic E-state index is 13.3. The molecule has 0 radical (unpaired) electrons. The normalized spacial score (nSPS) is 26.5. The van der Waals surface area contributed by atoms with Crippen LogP contribution >= 0.6 is 0 Å². The number of aliphatic carboxylic acids is 1. The van der Waals surface area contributed by atoms with Gasteiger partial charge in [0, 0.05) is 0 Å². The number of rotatable bonds is 5. The van der Waals surface area contributed by atoms with Crippen LogP contribution in [0, 0.1) is 17.3 Å². The van der Waals surface area contributed by atoms with Crippen LogP contribution < -0.4 is 0 Å². The quantitative estimate of drug-likeness (QED) is 0.594. The van der Waals surface area contributed by atoms with E-state index in [2.05, 4.69) is 4.74 Å². The Bertz CT molecular complexity index is 362. The molecule has 96 valence electrons. The molecule has 0 aromatic heterocycles. The average molecular weight is 248 g/mol. The summed E-state index contributed by atoms with van der Waals surface area (Å²) in [5.41, 5.74) is -0.580. The third-order valence-electron chi connectivity index (χ3n) is 3.01. The number of esters is 1. The summed E-state index contributed by atoms with van der Waals surface area (Å²) in [7, 11) is 0. The van der Waals surface area contributed by atoms with Crippen LogP contribution in [0.4, 0.5) is 8.78 Å². The molecular weight excluding hydrogens is 234 g/mol. The van der Waals surface area contributed by atoms with Gasteiger partial charge in [0.2, 0.25) is 5.83 Å². The molecule has 17 heavy (non-hydrogen) atoms. The van der Waals surface area contributed by atoms with E-state index >= 15 is 0 Å². The third-order valence-corrected chi connectivity index (χ3v) is 3.01. The van der Waals surface area contributed by atoms with E-state index in [1.165, 1.54) is 0 Å². The predicted molar refractivity (Wildman–Crippen MR) is 54.5 cm³/mol. The second kappa shape index (κ2) is 4.81. The van der Waals surface area contributed by atoms with Gasteiger partial charge in [0.1, 0.15) is 13.3 Å². The van der Waals surface area contributed by atoms with Crippen LogP contribution in [0.1, 0.15) is 13.8 Å². The zero-order valence-electron chi connectivity index (χ0n) is 9.57. The Morgan fingerprint density at radius 1 is 1.47 bits per heavy atom. The van der Waals surface area contributed by atoms with E-state index < -0.39 is 48.3 Å². The molecule has 0 aromatic rings. The fraction of sp³-hybridized carbons (Fsp3) is 0.636. The van der Waals surface area contributed by atoms with Crippen LogP contribution in [0.2, 0.25) is 0 Å². The summed E-state index contributed by atoms with van der Waals surface area (Å²) in [5, 5.41) is 8.83. The van der Waals surface area contributed by atoms with E-state index in [-0.39, 0.29) is 0 Å². The van der Waals surface area contributed by atoms with Gasteiger partial charge in [0.15, 0.2) is 0 Å². The van der Waals surface area contributed by atoms with Crippen molar-refractivity contribution in [2.75, 3.05) is 13.3 Å². The maximum Gasteiger partial charge on any atom is 0.366 e. The summed E-state index contributed by atoms with van der Waals surface area (Å²) in [6.45, 7) is 1.96. The zero-order chi connectivity index (χ0) is 13.2. The topological polar surface area (TPSA) is 63.6 Å². The smallest absolute Gasteiger partial charge is 0.366 e. The van der Waals surface area contributed by atoms with Crippen molar-refractivity contribution in [3.63, 3.8) is 0 Å². The third kappa shape index (κ3) is 2.81. The molecule has 0 aliphatic heterocycles. The lowest BCUT2D eigenvalue weighted by Gasteiger charge is -2.00. The number of ether oxygens (including phenoxy) is 1. The summed E-state index contributed by atoms with van der Waals surface area (Å²) < 4.78 is 29.2. The summed E-state index contributed by atoms with van der Waals surface area (Å²) in [4.78, 5) is 21.8. The summed E-state index contributed by atoms with van der Waals surface area (Å²) in [5.74, 6) is -4.70. The molecule has 0 bridgehead atoms. The van der Waals surface area contributed by atoms with Crippen LogP contribution in [0.15, 0.2) is 11.9 Å². The number of carboxylic acid groups (broad SMARTS) is 1. The molecule has 0 aromatic carbocycles. The van der Waals surface area contributed by atoms with Crippen molar-refractivity contribution < 1.29 is 28.2 Å². The van der Waals surface area contributed by atoms with Crippen molar-refractivity contribution >= 4 is 11.9 Å². The minimum Gasteiger partial charge on any atom is -0.481 e. The first-order chi connectivity index (χ1) is 7.82. The molecule has 0 spiro atoms. The molecule has 0 heterocycles. The lowest BCUT2D eigenvalue weighted by Crippen LogP contribution is -2.08. The highest BCUT2D eigenvalue weighted by atomic mass is 19.1. The van der Waals surface area contributed by atoms with E-state index in [0.29, 0.717) is 0 Å². The van der Waals surface area contributed by atoms with Crippen LogP contribution in [0.25, 0.3) is 0 Å². The molecule has 1 aliphatic carbocycles. The highest BCUT2D eigenvalue weighted by Gasteiger charge is 2.61. The van der Waals surface area contributed by atoms with Crippen molar-refractivity contribution in [1.29, 1.82) is 0 Å². The fourth-order valence-electron chi connectivity index (χ4n) is 1.89. The van der Waals surface area contributed by atoms with E-state index in [0.717, 1.165) is 6.08 Å². The number of alkyl halides is 1. The highest BCUT2D eigenvalue weighted by molar-refractivity contribution is 5.86. The monoisotopic (exact) mass is 248 g/mol. The van der Waals surface area contributed by atoms with Gasteiger partial charge in [-0.3, -0.25) is 4.79 Å². The minimum absolute atomic E-state index is 0.503. The molecule has 2 unspecified atom stereocenters. The molecule has 0 saturated heterocycles. The highest BCUT2D eigenvalue weighted by Crippen LogP contribution is 2.59. The standard InChI is InChI=1S/C11H14F2O4/c1-11(2)6(8(11)9(14)15)5-7(13)10(16)17-4-3-12/h5-6,8H,3-4H2,1-2H3,(H,14,15). The lowest BCUT2D eigenvalue weighted by atomic mass is 10.1. The number of hydrogen-bond acceptors (Lipinski definition) is 3. The average Bonchev–Trinajstić information content (AvgIpc) is 2.76. The van der Waals surface area contributed by atoms with Crippen LogP contribution in [-0.4, -0.2) is 30.3 Å². The molecule has 1 fully saturated rings. The first-order valence-electron chi connectivity index (χ1n) is 5.15. The Kier molecular flexibility index (Phi) is 3.85. The van der Waals surface area contributed by atoms with Gasteiger partial charge in [-0.1, -0.05) is 13.8 Å². The fourth-order valence-corrected chi connectivity index (χ4v) is 1.89. The number of carbonyl (C=O) groups excluding carboxylic acids is 1. The number of allylic oxidation sites excluding steroid dienone is 1. The lowest BCUT2D eigenvalue weighted by molar-refractivity contribution is -0.141. The van der Waals surface area contributed by atoms with E-state index in [1.54, 1.807) is 13.8 Å². The first kappa shape index (κ1) is 13.6. The van der Waals surface area contributed by atoms with Crippen molar-refractivity contribution in [1.82, 2.24) is 0 Å². The minimum atomic E-state index is -1.26. The van der Waals surface area contributed by atoms with E-state index in [4.69, 9.17) is 5.11 Å². The van der Waals surface area contributed by atoms with Crippen LogP contribution in [-0.2, 0) is 14.3 Å². The van der Waals surface area contributed by atoms with Gasteiger partial charge in [-0.15, -0.1) is 0 Å². The van der Waals surface area contributed by atoms with Gasteiger partial charge >= 0.3 is 11.9 Å². The summed E-state index contributed by atoms with van der Waals surface area (Å²) in [6.07, 6.45) is 0.944. The van der Waals surface area contributed by atoms with Gasteiger partial charge < -0.3 is 9.84 Å². The molecule has 2 atom stereocenters. The number of carboxylic acids is 1. The second-order valence-corrected chi connectivity index (χ2v) is 4.50. The molecule has 6 heteroatoms. The predicted octanol–water partition coefficient (Wildman–Crippen LogP) is 1.71. The first-order valence-corrected chi connectivity index (χ1v) is 5.15. The Hall–Kier alpha value is -1.46. The molecule has 0 amide bonds. The number of hydrogen-bond donors (Lipinski definition) is 1. The Morgan fingerprint density at radius 3 is 2.47 bits per heavy atom. The van der Waals surface area contributed by atoms with Gasteiger partial charge in [-0.05, 0) is 17.4 Å². The Balaban J connectivity index is 2.65. The van der Waals surface area contributed by atoms with Crippen molar-refractivity contribution in [3.8, 4) is 0 Å². The molecule has 1 saturated carbocycles. The van der Waals surface area contributed by atoms with Gasteiger partial charge in [0.05, 0.1) is 5.92 Å². The molecule has 4 nitrogen and oxygen atoms in total. The maximum absolute atomic E-state index is 13.3. The van der Waals surface area contributed by atoms with Crippen LogP contribution in [0.5, 0.6) is 0 Å². The molecule has 1 N–H and O–H groups in total. The number of halogens is 2. The van der Waals surface area contributed by atoms with Crippen molar-refractivity contribution in [2.24, 2.45) is 17.3 Å². The second-order valence-electron chi connectivity index (χ2n) is 4.50. The largest absolute Gasteiger partial charge is 0.481 e. The SMILES string of the molecule is CC1(C)C(C=C(F)C(=O)OCCF)C1C(=O)O. The van der Waals surface area contributed by atoms with Crippen LogP contribution in [0.3, 0.4) is 0 Å². The van der Waals surface area contributed by atoms with Gasteiger partial charge in [0.25, 0.3) is 0 Å². The molecule has 1 aliphatic rings. The summed E-state index contributed by atoms with van der Waals surface area (Å²) >= 11 is 0. The Labute approximate surface area is 97.3 Å². The molecular formula is C11H14F2O4. The van der Waals surface area contributed by atoms with E-state index in [1.807, 2.05) is 0 Å². The van der Waals surface area contributed by atoms with E-state index in [9.17, 15) is 18.4 Å². The molecule has 1 rings (SSSR count). The van der Waals surface area contributed by atoms with Gasteiger partial charge in [-0.2, -0.15) is 4.39 Å². The zero-order valence-corrected chi connectivity index (χ0v) is 9.57. The Morgan fingerprint density at radius 2 is 2.06 bits per heavy atom. The van der Waals surface area contributed by atoms with Crippen molar-refractivity contribution in [3.05, 3.63) is 11.9 Å². The number of carbonyl (C=O) groups is 2.